The van der Waals surface area contributed by atoms with Crippen molar-refractivity contribution in [2.24, 2.45) is 0 Å². The summed E-state index contributed by atoms with van der Waals surface area (Å²) >= 11 is 0. The van der Waals surface area contributed by atoms with Crippen molar-refractivity contribution in [1.29, 1.82) is 0 Å². The van der Waals surface area contributed by atoms with E-state index in [-0.39, 0.29) is 12.8 Å². The summed E-state index contributed by atoms with van der Waals surface area (Å²) in [6.45, 7) is 2.84. The number of hydrogen-bond acceptors (Lipinski definition) is 14. The fourth-order valence-corrected chi connectivity index (χ4v) is 8.62. The Morgan fingerprint density at radius 1 is 0.559 bits per heavy atom. The number of esters is 2. The van der Waals surface area contributed by atoms with Crippen LogP contribution in [0.1, 0.15) is 162 Å². The third kappa shape index (κ3) is 33.1. The number of phosphoric acid groups is 2. The highest BCUT2D eigenvalue weighted by Gasteiger charge is 2.54. The molecule has 8 N–H and O–H groups in total. The van der Waals surface area contributed by atoms with Crippen LogP contribution in [-0.4, -0.2) is 114 Å². The lowest BCUT2D eigenvalue weighted by molar-refractivity contribution is -0.216. The highest BCUT2D eigenvalue weighted by Crippen LogP contribution is 2.49. The van der Waals surface area contributed by atoms with E-state index in [0.29, 0.717) is 25.7 Å². The zero-order chi connectivity index (χ0) is 50.5. The summed E-state index contributed by atoms with van der Waals surface area (Å²) in [5, 5.41) is 51.1. The number of rotatable bonds is 40. The smallest absolute Gasteiger partial charge is 0.462 e. The number of aliphatic hydroxyl groups is 5. The molecule has 1 rings (SSSR count). The molecule has 1 aliphatic rings. The molecule has 392 valence electrons. The molecule has 0 aromatic carbocycles. The van der Waals surface area contributed by atoms with Gasteiger partial charge in [-0.05, 0) is 44.9 Å². The van der Waals surface area contributed by atoms with Crippen LogP contribution in [0.2, 0.25) is 0 Å². The average molecular weight is 1010 g/mol. The zero-order valence-corrected chi connectivity index (χ0v) is 42.2. The monoisotopic (exact) mass is 1010 g/mol. The standard InChI is InChI=1S/C49H84O17P2/c1-3-5-7-8-9-10-11-12-13-16-20-23-26-29-33-37-43(52)64-41(39-63-68(60,61)66-49-46(55)44(53)45(54)48(47(49)56)65-67(57,58)59)38-62-42(51)36-32-28-25-22-19-17-14-15-18-21-24-27-31-35-40(50)34-30-6-4-2/h6,15,17-19,24-25,27-28,30-31,35,40-41,44-50,53-56H,3-5,7-14,16,20-23,26,29,32-34,36-39H2,1-2H3,(H,60,61)(H2,57,58,59)/b18-15-,19-17-,27-24+,28-25-,30-6-,35-31+/t40?,41-,44?,45?,46?,47?,48-,49+/m1/s1. The lowest BCUT2D eigenvalue weighted by Crippen LogP contribution is -2.64. The molecule has 0 heterocycles. The Balaban J connectivity index is 2.63. The van der Waals surface area contributed by atoms with Gasteiger partial charge in [-0.15, -0.1) is 0 Å². The molecule has 0 amide bonds. The minimum atomic E-state index is -5.38. The fourth-order valence-electron chi connectivity index (χ4n) is 7.08. The highest BCUT2D eigenvalue weighted by molar-refractivity contribution is 7.47. The van der Waals surface area contributed by atoms with E-state index in [4.69, 9.17) is 18.5 Å². The Hall–Kier alpha value is -2.60. The Morgan fingerprint density at radius 3 is 1.62 bits per heavy atom. The van der Waals surface area contributed by atoms with E-state index in [1.54, 1.807) is 6.08 Å². The minimum absolute atomic E-state index is 0.0204. The second kappa shape index (κ2) is 39.1. The van der Waals surface area contributed by atoms with Crippen molar-refractivity contribution < 1.29 is 82.0 Å². The lowest BCUT2D eigenvalue weighted by Gasteiger charge is -2.43. The van der Waals surface area contributed by atoms with Crippen LogP contribution in [0.4, 0.5) is 0 Å². The predicted molar refractivity (Wildman–Crippen MR) is 261 cm³/mol. The number of ether oxygens (including phenoxy) is 2. The van der Waals surface area contributed by atoms with Gasteiger partial charge in [0.25, 0.3) is 0 Å². The van der Waals surface area contributed by atoms with Crippen LogP contribution < -0.4 is 0 Å². The second-order valence-electron chi connectivity index (χ2n) is 17.0. The van der Waals surface area contributed by atoms with Crippen LogP contribution in [0.15, 0.2) is 72.9 Å². The quantitative estimate of drug-likeness (QED) is 0.00938. The summed E-state index contributed by atoms with van der Waals surface area (Å²) in [6.07, 6.45) is 29.1. The van der Waals surface area contributed by atoms with Gasteiger partial charge in [0.2, 0.25) is 0 Å². The summed E-state index contributed by atoms with van der Waals surface area (Å²) in [5.41, 5.74) is 0. The molecule has 0 aromatic heterocycles. The van der Waals surface area contributed by atoms with Crippen molar-refractivity contribution in [2.45, 2.75) is 210 Å². The molecule has 68 heavy (non-hydrogen) atoms. The van der Waals surface area contributed by atoms with Gasteiger partial charge in [0.15, 0.2) is 6.10 Å². The first-order valence-electron chi connectivity index (χ1n) is 24.6. The maximum atomic E-state index is 13.0. The largest absolute Gasteiger partial charge is 0.472 e. The van der Waals surface area contributed by atoms with E-state index >= 15 is 0 Å². The van der Waals surface area contributed by atoms with Gasteiger partial charge in [0, 0.05) is 12.8 Å². The molecule has 0 saturated heterocycles. The van der Waals surface area contributed by atoms with E-state index in [9.17, 15) is 58.9 Å². The molecule has 9 atom stereocenters. The van der Waals surface area contributed by atoms with Crippen LogP contribution in [0.5, 0.6) is 0 Å². The van der Waals surface area contributed by atoms with Crippen LogP contribution in [0.3, 0.4) is 0 Å². The molecule has 0 radical (unpaired) electrons. The average Bonchev–Trinajstić information content (AvgIpc) is 3.29. The highest BCUT2D eigenvalue weighted by atomic mass is 31.2. The number of aliphatic hydroxyl groups excluding tert-OH is 5. The Bertz CT molecular complexity index is 1610. The molecule has 1 aliphatic carbocycles. The van der Waals surface area contributed by atoms with Gasteiger partial charge in [-0.25, -0.2) is 9.13 Å². The number of hydrogen-bond donors (Lipinski definition) is 8. The van der Waals surface area contributed by atoms with Crippen molar-refractivity contribution in [3.05, 3.63) is 72.9 Å². The Morgan fingerprint density at radius 2 is 1.07 bits per heavy atom. The molecule has 1 saturated carbocycles. The summed E-state index contributed by atoms with van der Waals surface area (Å²) in [6, 6.07) is 0. The van der Waals surface area contributed by atoms with Crippen molar-refractivity contribution in [1.82, 2.24) is 0 Å². The van der Waals surface area contributed by atoms with Crippen molar-refractivity contribution in [2.75, 3.05) is 13.2 Å². The first-order valence-corrected chi connectivity index (χ1v) is 27.6. The Kier molecular flexibility index (Phi) is 36.4. The van der Waals surface area contributed by atoms with Gasteiger partial charge < -0.3 is 49.7 Å². The van der Waals surface area contributed by atoms with Crippen molar-refractivity contribution >= 4 is 27.6 Å². The fraction of sp³-hybridized carbons (Fsp3) is 0.714. The first kappa shape index (κ1) is 63.4. The van der Waals surface area contributed by atoms with Gasteiger partial charge in [-0.2, -0.15) is 0 Å². The van der Waals surface area contributed by atoms with Gasteiger partial charge in [0.1, 0.15) is 43.2 Å². The molecular formula is C49H84O17P2. The normalized spacial score (nSPS) is 22.3. The lowest BCUT2D eigenvalue weighted by atomic mass is 9.85. The topological polar surface area (TPSA) is 276 Å². The minimum Gasteiger partial charge on any atom is -0.462 e. The van der Waals surface area contributed by atoms with E-state index < -0.39 is 89.6 Å². The first-order chi connectivity index (χ1) is 32.5. The molecule has 6 unspecified atom stereocenters. The summed E-state index contributed by atoms with van der Waals surface area (Å²) in [4.78, 5) is 54.3. The molecule has 1 fully saturated rings. The molecule has 0 aromatic rings. The number of carbonyl (C=O) groups excluding carboxylic acids is 2. The van der Waals surface area contributed by atoms with Crippen LogP contribution >= 0.6 is 15.6 Å². The SMILES string of the molecule is CC/C=C\CC(O)/C=C/C=C/C/C=C\C/C=C\C/C=C\CCC(=O)OC[C@H](COP(=O)(O)O[C@H]1C(O)C(O)C(O)[C@@H](OP(=O)(O)O)C1O)OC(=O)CCCCCCCCCCCCCCCCC. The van der Waals surface area contributed by atoms with Crippen LogP contribution in [0, 0.1) is 0 Å². The maximum Gasteiger partial charge on any atom is 0.472 e. The molecule has 0 aliphatic heterocycles. The van der Waals surface area contributed by atoms with Crippen LogP contribution in [-0.2, 0) is 41.8 Å². The van der Waals surface area contributed by atoms with Gasteiger partial charge in [-0.1, -0.05) is 177 Å². The molecule has 19 heteroatoms. The van der Waals surface area contributed by atoms with Gasteiger partial charge >= 0.3 is 27.6 Å². The third-order valence-corrected chi connectivity index (χ3v) is 12.4. The van der Waals surface area contributed by atoms with Gasteiger partial charge in [-0.3, -0.25) is 23.2 Å². The molecule has 17 nitrogen and oxygen atoms in total. The number of allylic oxidation sites excluding steroid dienone is 10. The van der Waals surface area contributed by atoms with E-state index in [1.807, 2.05) is 73.8 Å². The summed E-state index contributed by atoms with van der Waals surface area (Å²) < 4.78 is 49.3. The number of unbranched alkanes of at least 4 members (excludes halogenated alkanes) is 14. The van der Waals surface area contributed by atoms with Crippen molar-refractivity contribution in [3.63, 3.8) is 0 Å². The van der Waals surface area contributed by atoms with Crippen molar-refractivity contribution in [3.8, 4) is 0 Å². The Labute approximate surface area is 404 Å². The summed E-state index contributed by atoms with van der Waals surface area (Å²) in [7, 11) is -10.7. The maximum absolute atomic E-state index is 13.0. The molecular weight excluding hydrogens is 922 g/mol. The number of carbonyl (C=O) groups is 2. The predicted octanol–water partition coefficient (Wildman–Crippen LogP) is 8.59. The summed E-state index contributed by atoms with van der Waals surface area (Å²) in [5.74, 6) is -1.32. The molecule has 0 spiro atoms. The molecule has 0 bridgehead atoms. The number of phosphoric ester groups is 2. The van der Waals surface area contributed by atoms with E-state index in [0.717, 1.165) is 44.9 Å². The second-order valence-corrected chi connectivity index (χ2v) is 19.6. The van der Waals surface area contributed by atoms with Gasteiger partial charge in [0.05, 0.1) is 12.7 Å². The van der Waals surface area contributed by atoms with E-state index in [1.165, 1.54) is 64.2 Å². The van der Waals surface area contributed by atoms with Crippen LogP contribution in [0.25, 0.3) is 0 Å². The third-order valence-electron chi connectivity index (χ3n) is 10.9. The zero-order valence-electron chi connectivity index (χ0n) is 40.4. The van der Waals surface area contributed by atoms with E-state index in [2.05, 4.69) is 11.4 Å².